The largest absolute Gasteiger partial charge is 0.479 e. The predicted octanol–water partition coefficient (Wildman–Crippen LogP) is 2.20. The van der Waals surface area contributed by atoms with E-state index in [0.29, 0.717) is 30.1 Å². The number of hydrogen-bond donors (Lipinski definition) is 1. The molecule has 1 N–H and O–H groups in total. The number of nitrogens with zero attached hydrogens (tertiary/aromatic N) is 3. The summed E-state index contributed by atoms with van der Waals surface area (Å²) < 4.78 is 11.3. The highest BCUT2D eigenvalue weighted by Crippen LogP contribution is 2.32. The summed E-state index contributed by atoms with van der Waals surface area (Å²) in [4.78, 5) is 19.1. The number of halogens is 1. The maximum atomic E-state index is 10.8. The minimum absolute atomic E-state index is 0.295. The Labute approximate surface area is 122 Å². The summed E-state index contributed by atoms with van der Waals surface area (Å²) in [6.07, 6.45) is 3.00. The molecule has 0 saturated carbocycles. The lowest BCUT2D eigenvalue weighted by Crippen LogP contribution is -2.18. The molecule has 0 spiro atoms. The van der Waals surface area contributed by atoms with Crippen LogP contribution in [0.15, 0.2) is 27.5 Å². The second kappa shape index (κ2) is 5.29. The molecule has 2 aromatic heterocycles. The average Bonchev–Trinajstić information content (AvgIpc) is 3.08. The zero-order valence-electron chi connectivity index (χ0n) is 10.2. The molecule has 0 amide bonds. The van der Waals surface area contributed by atoms with Gasteiger partial charge in [0.2, 0.25) is 5.82 Å². The smallest absolute Gasteiger partial charge is 0.332 e. The van der Waals surface area contributed by atoms with Crippen LogP contribution in [0.1, 0.15) is 24.8 Å². The number of carbonyl (C=O) groups is 1. The van der Waals surface area contributed by atoms with Crippen molar-refractivity contribution in [3.05, 3.63) is 28.8 Å². The summed E-state index contributed by atoms with van der Waals surface area (Å²) in [6.45, 7) is 0. The topological polar surface area (TPSA) is 98.3 Å². The van der Waals surface area contributed by atoms with Gasteiger partial charge in [-0.3, -0.25) is 4.98 Å². The minimum Gasteiger partial charge on any atom is -0.479 e. The van der Waals surface area contributed by atoms with Gasteiger partial charge in [0.05, 0.1) is 0 Å². The quantitative estimate of drug-likeness (QED) is 0.914. The maximum Gasteiger partial charge on any atom is 0.332 e. The van der Waals surface area contributed by atoms with Gasteiger partial charge in [0, 0.05) is 22.4 Å². The molecular weight excluding hydrogens is 330 g/mol. The van der Waals surface area contributed by atoms with E-state index >= 15 is 0 Å². The molecule has 0 bridgehead atoms. The fraction of sp³-hybridized carbons (Fsp3) is 0.333. The van der Waals surface area contributed by atoms with E-state index in [0.717, 1.165) is 4.47 Å². The van der Waals surface area contributed by atoms with Crippen molar-refractivity contribution in [2.24, 2.45) is 0 Å². The summed E-state index contributed by atoms with van der Waals surface area (Å²) >= 11 is 3.32. The molecule has 1 fully saturated rings. The molecule has 8 heteroatoms. The molecule has 3 rings (SSSR count). The number of carboxylic acid groups (broad SMARTS) is 1. The molecule has 0 radical (unpaired) electrons. The van der Waals surface area contributed by atoms with E-state index in [1.165, 1.54) is 0 Å². The third-order valence-corrected chi connectivity index (χ3v) is 3.41. The zero-order valence-corrected chi connectivity index (χ0v) is 11.8. The van der Waals surface area contributed by atoms with Gasteiger partial charge in [-0.2, -0.15) is 4.98 Å². The number of hydrogen-bond acceptors (Lipinski definition) is 6. The van der Waals surface area contributed by atoms with Crippen LogP contribution in [-0.2, 0) is 9.53 Å². The third kappa shape index (κ3) is 2.56. The Kier molecular flexibility index (Phi) is 3.49. The van der Waals surface area contributed by atoms with Crippen LogP contribution in [0.5, 0.6) is 0 Å². The van der Waals surface area contributed by atoms with Crippen molar-refractivity contribution < 1.29 is 19.2 Å². The van der Waals surface area contributed by atoms with Gasteiger partial charge >= 0.3 is 5.97 Å². The van der Waals surface area contributed by atoms with Crippen molar-refractivity contribution >= 4 is 21.9 Å². The number of aromatic nitrogens is 3. The zero-order chi connectivity index (χ0) is 14.1. The van der Waals surface area contributed by atoms with Crippen molar-refractivity contribution in [3.8, 4) is 11.4 Å². The van der Waals surface area contributed by atoms with Gasteiger partial charge in [-0.1, -0.05) is 5.16 Å². The van der Waals surface area contributed by atoms with Crippen LogP contribution in [0, 0.1) is 0 Å². The highest BCUT2D eigenvalue weighted by Gasteiger charge is 2.34. The lowest BCUT2D eigenvalue weighted by molar-refractivity contribution is -0.150. The first-order chi connectivity index (χ1) is 9.63. The van der Waals surface area contributed by atoms with E-state index in [2.05, 4.69) is 31.1 Å². The second-order valence-electron chi connectivity index (χ2n) is 4.38. The van der Waals surface area contributed by atoms with Crippen LogP contribution in [-0.4, -0.2) is 32.3 Å². The fourth-order valence-corrected chi connectivity index (χ4v) is 2.38. The maximum absolute atomic E-state index is 10.8. The summed E-state index contributed by atoms with van der Waals surface area (Å²) in [7, 11) is 0. The predicted molar refractivity (Wildman–Crippen MR) is 69.7 cm³/mol. The summed E-state index contributed by atoms with van der Waals surface area (Å²) in [6, 6.07) is 1.82. The molecule has 0 aromatic carbocycles. The molecule has 1 aliphatic heterocycles. The molecule has 20 heavy (non-hydrogen) atoms. The van der Waals surface area contributed by atoms with Crippen molar-refractivity contribution in [1.29, 1.82) is 0 Å². The molecule has 0 aliphatic carbocycles. The Balaban J connectivity index is 1.79. The third-order valence-electron chi connectivity index (χ3n) is 2.98. The summed E-state index contributed by atoms with van der Waals surface area (Å²) in [5, 5.41) is 12.8. The number of ether oxygens (including phenoxy) is 1. The number of rotatable bonds is 3. The van der Waals surface area contributed by atoms with Crippen LogP contribution in [0.2, 0.25) is 0 Å². The van der Waals surface area contributed by atoms with Crippen LogP contribution >= 0.6 is 15.9 Å². The van der Waals surface area contributed by atoms with E-state index in [1.54, 1.807) is 12.4 Å². The number of carboxylic acids is 1. The van der Waals surface area contributed by atoms with Crippen LogP contribution < -0.4 is 0 Å². The van der Waals surface area contributed by atoms with Crippen LogP contribution in [0.4, 0.5) is 0 Å². The Morgan fingerprint density at radius 2 is 2.25 bits per heavy atom. The Morgan fingerprint density at radius 1 is 1.40 bits per heavy atom. The normalized spacial score (nSPS) is 22.1. The van der Waals surface area contributed by atoms with Crippen molar-refractivity contribution in [3.63, 3.8) is 0 Å². The van der Waals surface area contributed by atoms with Crippen molar-refractivity contribution in [2.75, 3.05) is 0 Å². The van der Waals surface area contributed by atoms with E-state index in [4.69, 9.17) is 14.4 Å². The summed E-state index contributed by atoms with van der Waals surface area (Å²) in [5.74, 6) is -0.275. The molecule has 1 saturated heterocycles. The molecule has 2 aromatic rings. The molecule has 3 heterocycles. The standard InChI is InChI=1S/C12H10BrN3O4/c13-7-3-6(4-14-5-7)10-15-11(20-16-10)8-1-2-9(19-8)12(17)18/h3-5,8-9H,1-2H2,(H,17,18). The second-order valence-corrected chi connectivity index (χ2v) is 5.29. The van der Waals surface area contributed by atoms with Gasteiger partial charge in [-0.05, 0) is 34.8 Å². The average molecular weight is 340 g/mol. The minimum atomic E-state index is -0.969. The van der Waals surface area contributed by atoms with Gasteiger partial charge in [0.15, 0.2) is 6.10 Å². The first kappa shape index (κ1) is 13.2. The highest BCUT2D eigenvalue weighted by molar-refractivity contribution is 9.10. The summed E-state index contributed by atoms with van der Waals surface area (Å²) in [5.41, 5.74) is 0.710. The Bertz CT molecular complexity index is 645. The Morgan fingerprint density at radius 3 is 2.95 bits per heavy atom. The lowest BCUT2D eigenvalue weighted by Gasteiger charge is -2.05. The van der Waals surface area contributed by atoms with Gasteiger partial charge in [0.25, 0.3) is 5.89 Å². The molecular formula is C12H10BrN3O4. The highest BCUT2D eigenvalue weighted by atomic mass is 79.9. The molecule has 7 nitrogen and oxygen atoms in total. The first-order valence-electron chi connectivity index (χ1n) is 5.96. The van der Waals surface area contributed by atoms with E-state index in [9.17, 15) is 4.79 Å². The lowest BCUT2D eigenvalue weighted by atomic mass is 10.2. The number of aliphatic carboxylic acids is 1. The van der Waals surface area contributed by atoms with Crippen molar-refractivity contribution in [2.45, 2.75) is 25.0 Å². The van der Waals surface area contributed by atoms with Gasteiger partial charge in [0.1, 0.15) is 6.10 Å². The van der Waals surface area contributed by atoms with Gasteiger partial charge in [-0.25, -0.2) is 4.79 Å². The van der Waals surface area contributed by atoms with Crippen LogP contribution in [0.25, 0.3) is 11.4 Å². The van der Waals surface area contributed by atoms with E-state index in [-0.39, 0.29) is 0 Å². The molecule has 104 valence electrons. The first-order valence-corrected chi connectivity index (χ1v) is 6.75. The molecule has 2 unspecified atom stereocenters. The molecule has 2 atom stereocenters. The van der Waals surface area contributed by atoms with Gasteiger partial charge < -0.3 is 14.4 Å². The Hall–Kier alpha value is -1.80. The van der Waals surface area contributed by atoms with E-state index < -0.39 is 18.2 Å². The van der Waals surface area contributed by atoms with Crippen LogP contribution in [0.3, 0.4) is 0 Å². The fourth-order valence-electron chi connectivity index (χ4n) is 2.02. The van der Waals surface area contributed by atoms with Crippen molar-refractivity contribution in [1.82, 2.24) is 15.1 Å². The SMILES string of the molecule is O=C(O)C1CCC(c2nc(-c3cncc(Br)c3)no2)O1. The van der Waals surface area contributed by atoms with E-state index in [1.807, 2.05) is 6.07 Å². The van der Waals surface area contributed by atoms with Gasteiger partial charge in [-0.15, -0.1) is 0 Å². The number of pyridine rings is 1. The molecule has 1 aliphatic rings. The monoisotopic (exact) mass is 339 g/mol.